The van der Waals surface area contributed by atoms with Gasteiger partial charge in [-0.05, 0) is 31.7 Å². The maximum absolute atomic E-state index is 11.6. The molecule has 1 aromatic heterocycles. The molecule has 0 bridgehead atoms. The summed E-state index contributed by atoms with van der Waals surface area (Å²) in [5.74, 6) is 0.625. The van der Waals surface area contributed by atoms with Crippen LogP contribution in [-0.2, 0) is 17.8 Å². The summed E-state index contributed by atoms with van der Waals surface area (Å²) in [7, 11) is 0. The molecule has 108 valence electrons. The summed E-state index contributed by atoms with van der Waals surface area (Å²) >= 11 is 0. The SMILES string of the molecule is Cc1nn(CC(C)C)c(C)c1CCC(=O)NCCN. The summed E-state index contributed by atoms with van der Waals surface area (Å²) in [6, 6.07) is 0. The van der Waals surface area contributed by atoms with Crippen molar-refractivity contribution in [2.75, 3.05) is 13.1 Å². The number of amides is 1. The van der Waals surface area contributed by atoms with Gasteiger partial charge in [-0.15, -0.1) is 0 Å². The zero-order valence-corrected chi connectivity index (χ0v) is 12.5. The first-order chi connectivity index (χ1) is 8.95. The van der Waals surface area contributed by atoms with Gasteiger partial charge >= 0.3 is 0 Å². The summed E-state index contributed by atoms with van der Waals surface area (Å²) in [6.07, 6.45) is 1.24. The molecule has 0 aromatic carbocycles. The molecule has 0 saturated carbocycles. The van der Waals surface area contributed by atoms with Gasteiger partial charge in [-0.25, -0.2) is 0 Å². The standard InChI is InChI=1S/C14H26N4O/c1-10(2)9-18-12(4)13(11(3)17-18)5-6-14(19)16-8-7-15/h10H,5-9,15H2,1-4H3,(H,16,19). The molecule has 19 heavy (non-hydrogen) atoms. The summed E-state index contributed by atoms with van der Waals surface area (Å²) in [6.45, 7) is 10.4. The van der Waals surface area contributed by atoms with Crippen molar-refractivity contribution in [2.24, 2.45) is 11.7 Å². The van der Waals surface area contributed by atoms with Crippen molar-refractivity contribution in [3.8, 4) is 0 Å². The van der Waals surface area contributed by atoms with Crippen LogP contribution < -0.4 is 11.1 Å². The summed E-state index contributed by atoms with van der Waals surface area (Å²) in [5, 5.41) is 7.34. The minimum Gasteiger partial charge on any atom is -0.355 e. The number of carbonyl (C=O) groups is 1. The Morgan fingerprint density at radius 3 is 2.68 bits per heavy atom. The molecule has 3 N–H and O–H groups in total. The molecule has 5 nitrogen and oxygen atoms in total. The fourth-order valence-corrected chi connectivity index (χ4v) is 2.16. The molecule has 0 fully saturated rings. The molecule has 1 rings (SSSR count). The first kappa shape index (κ1) is 15.7. The van der Waals surface area contributed by atoms with E-state index in [9.17, 15) is 4.79 Å². The number of nitrogens with one attached hydrogen (secondary N) is 1. The van der Waals surface area contributed by atoms with E-state index in [0.29, 0.717) is 25.4 Å². The second kappa shape index (κ2) is 7.28. The fourth-order valence-electron chi connectivity index (χ4n) is 2.16. The van der Waals surface area contributed by atoms with Crippen LogP contribution in [0.25, 0.3) is 0 Å². The fraction of sp³-hybridized carbons (Fsp3) is 0.714. The van der Waals surface area contributed by atoms with Crippen molar-refractivity contribution in [1.29, 1.82) is 0 Å². The van der Waals surface area contributed by atoms with Crippen molar-refractivity contribution in [2.45, 2.75) is 47.1 Å². The Morgan fingerprint density at radius 1 is 1.42 bits per heavy atom. The van der Waals surface area contributed by atoms with Crippen LogP contribution in [0.15, 0.2) is 0 Å². The van der Waals surface area contributed by atoms with E-state index in [1.165, 1.54) is 11.3 Å². The largest absolute Gasteiger partial charge is 0.355 e. The molecule has 0 atom stereocenters. The number of carbonyl (C=O) groups excluding carboxylic acids is 1. The molecule has 5 heteroatoms. The van der Waals surface area contributed by atoms with E-state index in [0.717, 1.165) is 18.7 Å². The van der Waals surface area contributed by atoms with Gasteiger partial charge in [0.1, 0.15) is 0 Å². The molecular formula is C14H26N4O. The van der Waals surface area contributed by atoms with Gasteiger partial charge < -0.3 is 11.1 Å². The Hall–Kier alpha value is -1.36. The molecule has 0 aliphatic rings. The predicted octanol–water partition coefficient (Wildman–Crippen LogP) is 1.16. The van der Waals surface area contributed by atoms with Crippen molar-refractivity contribution in [3.05, 3.63) is 17.0 Å². The Morgan fingerprint density at radius 2 is 2.11 bits per heavy atom. The van der Waals surface area contributed by atoms with E-state index >= 15 is 0 Å². The van der Waals surface area contributed by atoms with Crippen LogP contribution in [0.5, 0.6) is 0 Å². The van der Waals surface area contributed by atoms with Crippen molar-refractivity contribution < 1.29 is 4.79 Å². The zero-order valence-electron chi connectivity index (χ0n) is 12.5. The molecular weight excluding hydrogens is 240 g/mol. The van der Waals surface area contributed by atoms with Gasteiger partial charge in [0.2, 0.25) is 5.91 Å². The molecule has 0 aliphatic heterocycles. The second-order valence-corrected chi connectivity index (χ2v) is 5.36. The normalized spacial score (nSPS) is 11.1. The molecule has 1 amide bonds. The molecule has 0 unspecified atom stereocenters. The van der Waals surface area contributed by atoms with Crippen LogP contribution >= 0.6 is 0 Å². The number of nitrogens with two attached hydrogens (primary N) is 1. The minimum absolute atomic E-state index is 0.0564. The van der Waals surface area contributed by atoms with Crippen LogP contribution in [0.1, 0.15) is 37.2 Å². The third kappa shape index (κ3) is 4.67. The second-order valence-electron chi connectivity index (χ2n) is 5.36. The van der Waals surface area contributed by atoms with Gasteiger partial charge in [0.05, 0.1) is 5.69 Å². The van der Waals surface area contributed by atoms with Gasteiger partial charge in [-0.2, -0.15) is 5.10 Å². The van der Waals surface area contributed by atoms with E-state index in [1.54, 1.807) is 0 Å². The third-order valence-electron chi connectivity index (χ3n) is 3.14. The Bertz CT molecular complexity index is 423. The lowest BCUT2D eigenvalue weighted by atomic mass is 10.1. The Labute approximate surface area is 115 Å². The van der Waals surface area contributed by atoms with Crippen LogP contribution in [0.2, 0.25) is 0 Å². The van der Waals surface area contributed by atoms with Crippen LogP contribution in [0.4, 0.5) is 0 Å². The summed E-state index contributed by atoms with van der Waals surface area (Å²) < 4.78 is 2.05. The lowest BCUT2D eigenvalue weighted by Gasteiger charge is -2.08. The van der Waals surface area contributed by atoms with Crippen LogP contribution in [0.3, 0.4) is 0 Å². The van der Waals surface area contributed by atoms with Gasteiger partial charge in [-0.1, -0.05) is 13.8 Å². The third-order valence-corrected chi connectivity index (χ3v) is 3.14. The van der Waals surface area contributed by atoms with Gasteiger partial charge in [-0.3, -0.25) is 9.48 Å². The molecule has 1 heterocycles. The van der Waals surface area contributed by atoms with E-state index in [1.807, 2.05) is 11.6 Å². The maximum Gasteiger partial charge on any atom is 0.220 e. The van der Waals surface area contributed by atoms with Crippen molar-refractivity contribution in [1.82, 2.24) is 15.1 Å². The zero-order chi connectivity index (χ0) is 14.4. The lowest BCUT2D eigenvalue weighted by molar-refractivity contribution is -0.120. The highest BCUT2D eigenvalue weighted by molar-refractivity contribution is 5.76. The molecule has 0 radical (unpaired) electrons. The number of nitrogens with zero attached hydrogens (tertiary/aromatic N) is 2. The summed E-state index contributed by atoms with van der Waals surface area (Å²) in [5.41, 5.74) is 8.76. The quantitative estimate of drug-likeness (QED) is 0.778. The molecule has 0 saturated heterocycles. The number of aromatic nitrogens is 2. The number of rotatable bonds is 7. The monoisotopic (exact) mass is 266 g/mol. The van der Waals surface area contributed by atoms with Gasteiger partial charge in [0.15, 0.2) is 0 Å². The van der Waals surface area contributed by atoms with E-state index in [4.69, 9.17) is 5.73 Å². The maximum atomic E-state index is 11.6. The predicted molar refractivity (Wildman–Crippen MR) is 76.9 cm³/mol. The first-order valence-corrected chi connectivity index (χ1v) is 6.95. The average Bonchev–Trinajstić information content (AvgIpc) is 2.59. The smallest absolute Gasteiger partial charge is 0.220 e. The van der Waals surface area contributed by atoms with Gasteiger partial charge in [0, 0.05) is 31.7 Å². The van der Waals surface area contributed by atoms with Crippen LogP contribution in [-0.4, -0.2) is 28.8 Å². The average molecular weight is 266 g/mol. The molecule has 0 spiro atoms. The highest BCUT2D eigenvalue weighted by atomic mass is 16.1. The number of aryl methyl sites for hydroxylation is 1. The first-order valence-electron chi connectivity index (χ1n) is 6.95. The number of hydrogen-bond donors (Lipinski definition) is 2. The summed E-state index contributed by atoms with van der Waals surface area (Å²) in [4.78, 5) is 11.6. The van der Waals surface area contributed by atoms with Gasteiger partial charge in [0.25, 0.3) is 0 Å². The molecule has 0 aliphatic carbocycles. The Balaban J connectivity index is 2.63. The van der Waals surface area contributed by atoms with E-state index in [2.05, 4.69) is 31.2 Å². The van der Waals surface area contributed by atoms with Crippen molar-refractivity contribution in [3.63, 3.8) is 0 Å². The minimum atomic E-state index is 0.0564. The van der Waals surface area contributed by atoms with E-state index < -0.39 is 0 Å². The Kier molecular flexibility index (Phi) is 6.02. The number of hydrogen-bond acceptors (Lipinski definition) is 3. The van der Waals surface area contributed by atoms with Crippen molar-refractivity contribution >= 4 is 5.91 Å². The topological polar surface area (TPSA) is 72.9 Å². The highest BCUT2D eigenvalue weighted by Gasteiger charge is 2.13. The molecule has 1 aromatic rings. The lowest BCUT2D eigenvalue weighted by Crippen LogP contribution is -2.29. The van der Waals surface area contributed by atoms with Crippen LogP contribution in [0, 0.1) is 19.8 Å². The highest BCUT2D eigenvalue weighted by Crippen LogP contribution is 2.16. The van der Waals surface area contributed by atoms with E-state index in [-0.39, 0.29) is 5.91 Å².